The molecule has 20 heavy (non-hydrogen) atoms. The van der Waals surface area contributed by atoms with Gasteiger partial charge in [-0.05, 0) is 24.3 Å². The van der Waals surface area contributed by atoms with Crippen LogP contribution in [0.1, 0.15) is 0 Å². The van der Waals surface area contributed by atoms with Crippen LogP contribution in [0.2, 0.25) is 0 Å². The first-order valence-electron chi connectivity index (χ1n) is 5.12. The van der Waals surface area contributed by atoms with Gasteiger partial charge in [-0.3, -0.25) is 4.28 Å². The molecule has 1 aromatic carbocycles. The number of phenolic OH excluding ortho intramolecular Hbond substituents is 1. The lowest BCUT2D eigenvalue weighted by atomic mass is 10.3. The number of phenols is 1. The highest BCUT2D eigenvalue weighted by Crippen LogP contribution is 2.21. The van der Waals surface area contributed by atoms with Gasteiger partial charge >= 0.3 is 16.3 Å². The van der Waals surface area contributed by atoms with Crippen LogP contribution in [0.15, 0.2) is 34.3 Å². The maximum atomic E-state index is 11.7. The van der Waals surface area contributed by atoms with Crippen molar-refractivity contribution in [3.63, 3.8) is 0 Å². The average Bonchev–Trinajstić information content (AvgIpc) is 2.29. The smallest absolute Gasteiger partial charge is 0.429 e. The van der Waals surface area contributed by atoms with E-state index >= 15 is 0 Å². The molecule has 10 heteroatoms. The van der Waals surface area contributed by atoms with Gasteiger partial charge in [0.1, 0.15) is 12.0 Å². The molecule has 0 bridgehead atoms. The molecule has 0 aliphatic carbocycles. The lowest BCUT2D eigenvalue weighted by Gasteiger charge is -2.03. The summed E-state index contributed by atoms with van der Waals surface area (Å²) in [4.78, 5) is 0.705. The number of aromatic hydroxyl groups is 1. The van der Waals surface area contributed by atoms with Crippen molar-refractivity contribution >= 4 is 28.1 Å². The summed E-state index contributed by atoms with van der Waals surface area (Å²) in [6.07, 6.45) is -5.27. The molecule has 112 valence electrons. The largest absolute Gasteiger partial charge is 0.508 e. The Bertz CT molecular complexity index is 555. The summed E-state index contributed by atoms with van der Waals surface area (Å²) in [6, 6.07) is 6.02. The fourth-order valence-electron chi connectivity index (χ4n) is 0.988. The minimum absolute atomic E-state index is 0.0757. The molecule has 0 aromatic heterocycles. The van der Waals surface area contributed by atoms with E-state index in [9.17, 15) is 21.6 Å². The Morgan fingerprint density at radius 2 is 1.90 bits per heavy atom. The number of oxime groups is 1. The molecule has 0 spiro atoms. The molecule has 0 atom stereocenters. The molecule has 0 amide bonds. The molecule has 0 unspecified atom stereocenters. The normalized spacial score (nSPS) is 12.8. The maximum Gasteiger partial charge on any atom is 0.429 e. The summed E-state index contributed by atoms with van der Waals surface area (Å²) in [5.41, 5.74) is 0. The molecule has 0 radical (unpaired) electrons. The van der Waals surface area contributed by atoms with E-state index < -0.39 is 28.3 Å². The van der Waals surface area contributed by atoms with E-state index in [0.29, 0.717) is 4.90 Å². The summed E-state index contributed by atoms with van der Waals surface area (Å²) < 4.78 is 61.3. The second-order valence-electron chi connectivity index (χ2n) is 3.45. The zero-order valence-corrected chi connectivity index (χ0v) is 11.5. The summed E-state index contributed by atoms with van der Waals surface area (Å²) in [5, 5.41) is 11.4. The first-order chi connectivity index (χ1) is 9.18. The highest BCUT2D eigenvalue weighted by Gasteiger charge is 2.25. The zero-order valence-electron chi connectivity index (χ0n) is 9.87. The quantitative estimate of drug-likeness (QED) is 0.493. The maximum absolute atomic E-state index is 11.7. The Balaban J connectivity index is 2.40. The highest BCUT2D eigenvalue weighted by molar-refractivity contribution is 8.00. The van der Waals surface area contributed by atoms with E-state index in [1.54, 1.807) is 12.1 Å². The molecule has 0 saturated carbocycles. The van der Waals surface area contributed by atoms with E-state index in [4.69, 9.17) is 5.11 Å². The summed E-state index contributed by atoms with van der Waals surface area (Å²) in [6.45, 7) is 0. The first-order valence-corrected chi connectivity index (χ1v) is 7.69. The summed E-state index contributed by atoms with van der Waals surface area (Å²) in [5.74, 6) is -0.339. The van der Waals surface area contributed by atoms with Gasteiger partial charge in [0.05, 0.1) is 5.75 Å². The molecule has 0 saturated heterocycles. The van der Waals surface area contributed by atoms with Gasteiger partial charge in [-0.1, -0.05) is 5.16 Å². The third-order valence-electron chi connectivity index (χ3n) is 1.79. The molecule has 0 fully saturated rings. The summed E-state index contributed by atoms with van der Waals surface area (Å²) in [7, 11) is -4.15. The molecular formula is C10H10F3NO4S2. The van der Waals surface area contributed by atoms with Crippen LogP contribution >= 0.6 is 11.8 Å². The number of halogens is 3. The number of thioether (sulfide) groups is 1. The topological polar surface area (TPSA) is 76.0 Å². The number of alkyl halides is 3. The second kappa shape index (κ2) is 6.84. The van der Waals surface area contributed by atoms with Crippen LogP contribution in [0.3, 0.4) is 0 Å². The van der Waals surface area contributed by atoms with Crippen molar-refractivity contribution in [3.05, 3.63) is 24.3 Å². The van der Waals surface area contributed by atoms with Crippen molar-refractivity contribution in [2.75, 3.05) is 11.5 Å². The Hall–Kier alpha value is -1.42. The van der Waals surface area contributed by atoms with Crippen molar-refractivity contribution in [2.45, 2.75) is 11.1 Å². The zero-order chi connectivity index (χ0) is 15.2. The molecule has 1 rings (SSSR count). The average molecular weight is 329 g/mol. The third kappa shape index (κ3) is 7.24. The van der Waals surface area contributed by atoms with E-state index in [1.165, 1.54) is 12.1 Å². The molecule has 1 N–H and O–H groups in total. The predicted molar refractivity (Wildman–Crippen MR) is 68.2 cm³/mol. The van der Waals surface area contributed by atoms with Crippen LogP contribution in [-0.4, -0.2) is 37.4 Å². The SMILES string of the molecule is O=S(=O)(CCSc1ccc(O)cc1)O/N=C/C(F)(F)F. The fraction of sp³-hybridized carbons (Fsp3) is 0.300. The fourth-order valence-corrected chi connectivity index (χ4v) is 2.95. The predicted octanol–water partition coefficient (Wildman–Crippen LogP) is 2.38. The molecule has 1 aromatic rings. The standard InChI is InChI=1S/C10H10F3NO4S2/c11-10(12,13)7-14-18-20(16,17)6-5-19-9-3-1-8(15)2-4-9/h1-4,7,15H,5-6H2/b14-7+. The molecule has 0 aliphatic rings. The highest BCUT2D eigenvalue weighted by atomic mass is 32.2. The number of nitrogens with zero attached hydrogens (tertiary/aromatic N) is 1. The monoisotopic (exact) mass is 329 g/mol. The van der Waals surface area contributed by atoms with Gasteiger partial charge in [0.2, 0.25) is 0 Å². The lowest BCUT2D eigenvalue weighted by molar-refractivity contribution is -0.0550. The number of benzene rings is 1. The van der Waals surface area contributed by atoms with Gasteiger partial charge < -0.3 is 5.11 Å². The molecule has 5 nitrogen and oxygen atoms in total. The van der Waals surface area contributed by atoms with Crippen LogP contribution in [-0.2, 0) is 14.4 Å². The van der Waals surface area contributed by atoms with Crippen molar-refractivity contribution in [3.8, 4) is 5.75 Å². The van der Waals surface area contributed by atoms with Gasteiger partial charge in [-0.15, -0.1) is 11.8 Å². The Labute approximate surface area is 117 Å². The van der Waals surface area contributed by atoms with Crippen LogP contribution in [0.5, 0.6) is 5.75 Å². The van der Waals surface area contributed by atoms with Gasteiger partial charge in [-0.25, -0.2) is 0 Å². The number of hydrogen-bond acceptors (Lipinski definition) is 6. The number of rotatable bonds is 6. The van der Waals surface area contributed by atoms with Crippen molar-refractivity contribution in [1.29, 1.82) is 0 Å². The minimum atomic E-state index is -4.73. The van der Waals surface area contributed by atoms with Gasteiger partial charge in [-0.2, -0.15) is 21.6 Å². The molecule has 0 aliphatic heterocycles. The first kappa shape index (κ1) is 16.6. The number of hydrogen-bond donors (Lipinski definition) is 1. The Kier molecular flexibility index (Phi) is 5.69. The second-order valence-corrected chi connectivity index (χ2v) is 6.30. The minimum Gasteiger partial charge on any atom is -0.508 e. The van der Waals surface area contributed by atoms with Crippen LogP contribution in [0.4, 0.5) is 13.2 Å². The van der Waals surface area contributed by atoms with Crippen molar-refractivity contribution in [2.24, 2.45) is 5.16 Å². The van der Waals surface area contributed by atoms with E-state index in [0.717, 1.165) is 11.8 Å². The van der Waals surface area contributed by atoms with Crippen molar-refractivity contribution < 1.29 is 31.0 Å². The van der Waals surface area contributed by atoms with Gasteiger partial charge in [0, 0.05) is 10.6 Å². The third-order valence-corrected chi connectivity index (χ3v) is 4.08. The van der Waals surface area contributed by atoms with Crippen LogP contribution in [0, 0.1) is 0 Å². The lowest BCUT2D eigenvalue weighted by Crippen LogP contribution is -2.13. The Morgan fingerprint density at radius 1 is 1.30 bits per heavy atom. The van der Waals surface area contributed by atoms with E-state index in [2.05, 4.69) is 9.44 Å². The van der Waals surface area contributed by atoms with E-state index in [1.807, 2.05) is 0 Å². The van der Waals surface area contributed by atoms with Gasteiger partial charge in [0.25, 0.3) is 0 Å². The molecular weight excluding hydrogens is 319 g/mol. The van der Waals surface area contributed by atoms with E-state index in [-0.39, 0.29) is 11.5 Å². The summed E-state index contributed by atoms with van der Waals surface area (Å²) >= 11 is 1.15. The van der Waals surface area contributed by atoms with Crippen LogP contribution < -0.4 is 0 Å². The van der Waals surface area contributed by atoms with Crippen LogP contribution in [0.25, 0.3) is 0 Å². The Morgan fingerprint density at radius 3 is 2.45 bits per heavy atom. The van der Waals surface area contributed by atoms with Crippen molar-refractivity contribution in [1.82, 2.24) is 0 Å². The molecule has 0 heterocycles. The van der Waals surface area contributed by atoms with Gasteiger partial charge in [0.15, 0.2) is 0 Å².